The lowest BCUT2D eigenvalue weighted by molar-refractivity contribution is -0.142. The average molecular weight is 1680 g/mol. The summed E-state index contributed by atoms with van der Waals surface area (Å²) in [6.07, 6.45) is -4.59. The molecule has 2 aromatic rings. The molecule has 1 saturated heterocycles. The second-order valence-corrected chi connectivity index (χ2v) is 27.2. The summed E-state index contributed by atoms with van der Waals surface area (Å²) in [5, 5.41) is 140. The van der Waals surface area contributed by atoms with Gasteiger partial charge < -0.3 is 153 Å². The Bertz CT molecular complexity index is 3790. The number of hydrogen-bond acceptors (Lipinski definition) is 28. The molecule has 0 bridgehead atoms. The average Bonchev–Trinajstić information content (AvgIpc) is 1.71. The molecule has 0 unspecified atom stereocenters. The molecule has 2 heterocycles. The van der Waals surface area contributed by atoms with E-state index in [9.17, 15) is 127 Å². The number of nitrogens with two attached hydrogens (primary N) is 3. The number of aromatic amines is 1. The number of nitrogens with zero attached hydrogens (tertiary/aromatic N) is 2. The largest absolute Gasteiger partial charge is 0.508 e. The van der Waals surface area contributed by atoms with Gasteiger partial charge in [-0.25, -0.2) is 9.78 Å². The van der Waals surface area contributed by atoms with E-state index in [1.165, 1.54) is 50.6 Å². The first kappa shape index (κ1) is 99.1. The molecule has 1 fully saturated rings. The third kappa shape index (κ3) is 34.8. The van der Waals surface area contributed by atoms with Crippen LogP contribution in [0.15, 0.2) is 36.8 Å². The summed E-state index contributed by atoms with van der Waals surface area (Å²) < 4.78 is 0. The molecular weight excluding hydrogens is 1570 g/mol. The number of aliphatic carboxylic acids is 3. The number of carbonyl (C=O) groups is 17. The molecule has 16 atom stereocenters. The number of carboxylic acid groups (broad SMARTS) is 3. The van der Waals surface area contributed by atoms with Crippen LogP contribution in [0.2, 0.25) is 0 Å². The fourth-order valence-corrected chi connectivity index (χ4v) is 11.3. The summed E-state index contributed by atoms with van der Waals surface area (Å²) in [5.74, 6) is -21.9. The number of phenolic OH excluding ortho intramolecular Hbond substituents is 1. The summed E-state index contributed by atoms with van der Waals surface area (Å²) in [6.45, 7) is -1.21. The number of likely N-dealkylation sites (tertiary alicyclic amines) is 1. The number of aromatic nitrogens is 2. The number of carbonyl (C=O) groups excluding carboxylic acids is 14. The second-order valence-electron chi connectivity index (χ2n) is 26.9. The van der Waals surface area contributed by atoms with Gasteiger partial charge in [-0.3, -0.25) is 87.5 Å². The predicted molar refractivity (Wildman–Crippen MR) is 407 cm³/mol. The minimum Gasteiger partial charge on any atom is -0.508 e. The van der Waals surface area contributed by atoms with Crippen molar-refractivity contribution in [3.8, 4) is 5.75 Å². The number of aliphatic hydroxyl groups is 5. The topological polar surface area (TPSA) is 810 Å². The van der Waals surface area contributed by atoms with E-state index in [4.69, 9.17) is 28.0 Å². The maximum atomic E-state index is 14.7. The molecule has 33 N–H and O–H groups in total. The molecule has 50 heteroatoms. The van der Waals surface area contributed by atoms with Crippen molar-refractivity contribution in [1.82, 2.24) is 94.6 Å². The van der Waals surface area contributed by atoms with Crippen molar-refractivity contribution in [1.29, 1.82) is 10.8 Å². The zero-order valence-electron chi connectivity index (χ0n) is 63.9. The van der Waals surface area contributed by atoms with Gasteiger partial charge in [-0.05, 0) is 89.8 Å². The Balaban J connectivity index is 1.81. The molecule has 0 spiro atoms. The standard InChI is InChI=1S/C67H105N23O26S/c1-30(52(102)76-24-47(97)89-51(32(3)95)63(113)82-39(15-17-49(100)101)55(105)80-38(14-16-48(98)99)56(106)88-45(28-117)65(115)116)78-61(111)46-9-6-20-90(46)64(114)41(21-33-10-12-35(96)13-11-33)84-59(109)43(26-92)87-60(110)44(27-93)86-57(107)40(22-34-23-73-29-77-34)83-53(103)36(7-4-18-74-66(69)70)79-58(108)42(25-91)85-54(104)37(8-5-19-75-67(71)72)81-62(112)50(68)31(2)94/h10-13,23,29-32,36-46,50-51,91-96,117H,4-9,14-22,24-28,68H2,1-3H3,(H,73,77)(H,76,102)(H,78,111)(H,79,108)(H,80,105)(H,81,112)(H,82,113)(H,83,103)(H,84,109)(H,85,104)(H,86,107)(H,87,110)(H,88,106)(H,89,97)(H,98,99)(H,100,101)(H,115,116)(H4,69,70,74)(H4,71,72,75)/t30-,31+,32+,36-,37-,38-,39-,40-,41-,42-,43-,44-,45-,46-,50-,51-/m0/s1. The first-order valence-electron chi connectivity index (χ1n) is 36.5. The summed E-state index contributed by atoms with van der Waals surface area (Å²) in [6, 6.07) is -18.6. The van der Waals surface area contributed by atoms with Crippen LogP contribution in [0.5, 0.6) is 5.75 Å². The number of hydrogen-bond donors (Lipinski definition) is 31. The van der Waals surface area contributed by atoms with E-state index in [1.807, 2.05) is 0 Å². The van der Waals surface area contributed by atoms with Gasteiger partial charge in [-0.1, -0.05) is 12.1 Å². The maximum Gasteiger partial charge on any atom is 0.327 e. The number of rotatable bonds is 52. The molecule has 14 amide bonds. The number of guanidine groups is 2. The van der Waals surface area contributed by atoms with E-state index >= 15 is 0 Å². The van der Waals surface area contributed by atoms with Crippen molar-refractivity contribution in [2.45, 2.75) is 195 Å². The molecule has 1 aromatic heterocycles. The Morgan fingerprint density at radius 1 is 0.530 bits per heavy atom. The Kier molecular flexibility index (Phi) is 42.6. The first-order valence-corrected chi connectivity index (χ1v) is 37.1. The number of H-pyrrole nitrogens is 1. The Morgan fingerprint density at radius 3 is 1.37 bits per heavy atom. The van der Waals surface area contributed by atoms with Crippen LogP contribution in [0.1, 0.15) is 96.2 Å². The van der Waals surface area contributed by atoms with Gasteiger partial charge >= 0.3 is 17.9 Å². The number of carboxylic acids is 3. The van der Waals surface area contributed by atoms with E-state index in [0.717, 1.165) is 11.8 Å². The van der Waals surface area contributed by atoms with Gasteiger partial charge in [-0.2, -0.15) is 12.6 Å². The molecule has 1 aliphatic heterocycles. The molecule has 0 aliphatic carbocycles. The van der Waals surface area contributed by atoms with Crippen molar-refractivity contribution in [2.75, 3.05) is 51.8 Å². The highest BCUT2D eigenvalue weighted by Gasteiger charge is 2.42. The number of aliphatic hydroxyl groups excluding tert-OH is 5. The SMILES string of the molecule is C[C@H](NC(=O)[C@@H]1CCCN1C(=O)[C@H](Cc1ccc(O)cc1)NC(=O)[C@H](CO)NC(=O)[C@H](CO)NC(=O)[C@H](Cc1cnc[nH]1)NC(=O)[C@H](CCCNC(=N)N)NC(=O)[C@H](CO)NC(=O)[C@H](CCCNC(=N)N)NC(=O)[C@@H](N)[C@@H](C)O)C(=O)NCC(=O)N[C@H](C(=O)N[C@@H](CCC(=O)O)C(=O)N[C@@H](CCC(=O)O)C(=O)N[C@@H](CS)C(=O)O)[C@@H](C)O. The summed E-state index contributed by atoms with van der Waals surface area (Å²) in [5.41, 5.74) is 17.0. The summed E-state index contributed by atoms with van der Waals surface area (Å²) >= 11 is 3.84. The van der Waals surface area contributed by atoms with Gasteiger partial charge in [0, 0.05) is 63.0 Å². The van der Waals surface area contributed by atoms with Crippen LogP contribution in [0.3, 0.4) is 0 Å². The van der Waals surface area contributed by atoms with E-state index in [-0.39, 0.29) is 76.0 Å². The lowest BCUT2D eigenvalue weighted by Crippen LogP contribution is -2.62. The number of aromatic hydroxyl groups is 1. The van der Waals surface area contributed by atoms with Crippen LogP contribution in [-0.4, -0.2) is 322 Å². The summed E-state index contributed by atoms with van der Waals surface area (Å²) in [4.78, 5) is 235. The number of imidazole rings is 1. The monoisotopic (exact) mass is 1680 g/mol. The number of phenols is 1. The molecule has 3 rings (SSSR count). The van der Waals surface area contributed by atoms with Gasteiger partial charge in [-0.15, -0.1) is 0 Å². The molecule has 1 aromatic carbocycles. The molecular formula is C67H105N23O26S. The fourth-order valence-electron chi connectivity index (χ4n) is 11.1. The zero-order valence-corrected chi connectivity index (χ0v) is 64.8. The highest BCUT2D eigenvalue weighted by atomic mass is 32.1. The zero-order chi connectivity index (χ0) is 87.9. The molecule has 0 saturated carbocycles. The minimum atomic E-state index is -2.00. The van der Waals surface area contributed by atoms with Crippen molar-refractivity contribution >= 4 is 125 Å². The highest BCUT2D eigenvalue weighted by molar-refractivity contribution is 7.80. The van der Waals surface area contributed by atoms with Gasteiger partial charge in [0.05, 0.1) is 44.9 Å². The van der Waals surface area contributed by atoms with Gasteiger partial charge in [0.25, 0.3) is 0 Å². The number of thiol groups is 1. The van der Waals surface area contributed by atoms with Crippen molar-refractivity contribution in [3.63, 3.8) is 0 Å². The summed E-state index contributed by atoms with van der Waals surface area (Å²) in [7, 11) is 0. The van der Waals surface area contributed by atoms with Gasteiger partial charge in [0.1, 0.15) is 90.3 Å². The second kappa shape index (κ2) is 50.3. The number of benzene rings is 1. The number of amides is 14. The van der Waals surface area contributed by atoms with Crippen LogP contribution in [0, 0.1) is 10.8 Å². The molecule has 117 heavy (non-hydrogen) atoms. The first-order chi connectivity index (χ1) is 55.1. The minimum absolute atomic E-state index is 0.0255. The van der Waals surface area contributed by atoms with Crippen LogP contribution < -0.4 is 97.0 Å². The third-order valence-corrected chi connectivity index (χ3v) is 17.9. The lowest BCUT2D eigenvalue weighted by Gasteiger charge is -2.30. The van der Waals surface area contributed by atoms with E-state index in [2.05, 4.69) is 102 Å². The molecule has 1 aliphatic rings. The van der Waals surface area contributed by atoms with Crippen molar-refractivity contribution in [2.24, 2.45) is 17.2 Å². The van der Waals surface area contributed by atoms with E-state index in [1.54, 1.807) is 0 Å². The Morgan fingerprint density at radius 2 is 0.949 bits per heavy atom. The Labute approximate surface area is 673 Å². The normalized spacial score (nSPS) is 16.2. The maximum absolute atomic E-state index is 14.7. The third-order valence-electron chi connectivity index (χ3n) is 17.6. The number of nitrogens with one attached hydrogen (secondary N) is 18. The smallest absolute Gasteiger partial charge is 0.327 e. The van der Waals surface area contributed by atoms with E-state index < -0.39 is 274 Å². The van der Waals surface area contributed by atoms with Crippen LogP contribution in [-0.2, 0) is 94.3 Å². The molecule has 650 valence electrons. The Hall–Kier alpha value is -12.1. The predicted octanol–water partition coefficient (Wildman–Crippen LogP) is -12.8. The molecule has 0 radical (unpaired) electrons. The van der Waals surface area contributed by atoms with Crippen LogP contribution in [0.4, 0.5) is 0 Å². The van der Waals surface area contributed by atoms with Crippen molar-refractivity contribution in [3.05, 3.63) is 48.0 Å². The van der Waals surface area contributed by atoms with Crippen LogP contribution >= 0.6 is 12.6 Å². The lowest BCUT2D eigenvalue weighted by atomic mass is 10.0. The van der Waals surface area contributed by atoms with Crippen LogP contribution in [0.25, 0.3) is 0 Å². The highest BCUT2D eigenvalue weighted by Crippen LogP contribution is 2.22. The van der Waals surface area contributed by atoms with Crippen molar-refractivity contribution < 1.29 is 127 Å². The fraction of sp³-hybridized carbons (Fsp3) is 0.582. The molecule has 49 nitrogen and oxygen atoms in total. The quantitative estimate of drug-likeness (QED) is 0.0127. The van der Waals surface area contributed by atoms with Gasteiger partial charge in [0.2, 0.25) is 82.7 Å². The van der Waals surface area contributed by atoms with Gasteiger partial charge in [0.15, 0.2) is 11.9 Å². The van der Waals surface area contributed by atoms with E-state index in [0.29, 0.717) is 5.56 Å².